The Morgan fingerprint density at radius 1 is 1.00 bits per heavy atom. The van der Waals surface area contributed by atoms with Crippen molar-refractivity contribution in [1.82, 2.24) is 4.90 Å². The van der Waals surface area contributed by atoms with Crippen molar-refractivity contribution in [3.63, 3.8) is 0 Å². The van der Waals surface area contributed by atoms with Crippen LogP contribution in [0.1, 0.15) is 66.7 Å². The van der Waals surface area contributed by atoms with Gasteiger partial charge in [0.25, 0.3) is 0 Å². The maximum atomic E-state index is 12.9. The summed E-state index contributed by atoms with van der Waals surface area (Å²) in [5, 5.41) is 0. The number of hydrogen-bond acceptors (Lipinski definition) is 2. The van der Waals surface area contributed by atoms with Gasteiger partial charge in [0.15, 0.2) is 5.60 Å². The van der Waals surface area contributed by atoms with Gasteiger partial charge in [0, 0.05) is 26.2 Å². The van der Waals surface area contributed by atoms with Crippen LogP contribution in [0.3, 0.4) is 0 Å². The highest BCUT2D eigenvalue weighted by Gasteiger charge is 2.63. The molecule has 2 aliphatic rings. The molecule has 1 heterocycles. The summed E-state index contributed by atoms with van der Waals surface area (Å²) in [5.41, 5.74) is -1.91. The van der Waals surface area contributed by atoms with Crippen LogP contribution < -0.4 is 0 Å². The molecular formula is C17H34F3NO. The van der Waals surface area contributed by atoms with E-state index >= 15 is 0 Å². The Balaban J connectivity index is 0.00000102. The summed E-state index contributed by atoms with van der Waals surface area (Å²) in [6.45, 7) is 10.2. The maximum absolute atomic E-state index is 12.9. The molecular weight excluding hydrogens is 291 g/mol. The molecule has 0 aromatic carbocycles. The summed E-state index contributed by atoms with van der Waals surface area (Å²) in [6.07, 6.45) is 1.33. The molecule has 0 spiro atoms. The van der Waals surface area contributed by atoms with E-state index in [1.54, 1.807) is 0 Å². The number of halogens is 3. The third-order valence-electron chi connectivity index (χ3n) is 4.73. The fourth-order valence-electron chi connectivity index (χ4n) is 3.21. The van der Waals surface area contributed by atoms with Crippen LogP contribution >= 0.6 is 0 Å². The van der Waals surface area contributed by atoms with Crippen LogP contribution in [-0.4, -0.2) is 42.9 Å². The van der Waals surface area contributed by atoms with Crippen molar-refractivity contribution in [1.29, 1.82) is 0 Å². The number of rotatable bonds is 3. The normalized spacial score (nSPS) is 27.7. The van der Waals surface area contributed by atoms with Crippen LogP contribution in [0.5, 0.6) is 0 Å². The molecule has 2 rings (SSSR count). The maximum Gasteiger partial charge on any atom is 0.419 e. The third kappa shape index (κ3) is 4.85. The molecule has 1 saturated heterocycles. The van der Waals surface area contributed by atoms with E-state index in [0.29, 0.717) is 6.04 Å². The highest BCUT2D eigenvalue weighted by Crippen LogP contribution is 2.43. The SMILES string of the molecule is CC.CC.CCC1CCC(N2CC(OC)(C(F)(F)F)C2)CC1. The van der Waals surface area contributed by atoms with Crippen LogP contribution in [-0.2, 0) is 4.74 Å². The third-order valence-corrected chi connectivity index (χ3v) is 4.73. The summed E-state index contributed by atoms with van der Waals surface area (Å²) in [5.74, 6) is 0.775. The van der Waals surface area contributed by atoms with Gasteiger partial charge in [0.1, 0.15) is 0 Å². The number of hydrogen-bond donors (Lipinski definition) is 0. The predicted octanol–water partition coefficient (Wildman–Crippen LogP) is 5.27. The molecule has 1 aliphatic carbocycles. The average molecular weight is 325 g/mol. The zero-order chi connectivity index (χ0) is 17.4. The van der Waals surface area contributed by atoms with E-state index in [1.807, 2.05) is 32.6 Å². The Kier molecular flexibility index (Phi) is 9.63. The van der Waals surface area contributed by atoms with E-state index in [4.69, 9.17) is 4.74 Å². The highest BCUT2D eigenvalue weighted by molar-refractivity contribution is 5.05. The molecule has 0 aromatic rings. The van der Waals surface area contributed by atoms with Gasteiger partial charge in [-0.3, -0.25) is 4.90 Å². The molecule has 2 nitrogen and oxygen atoms in total. The van der Waals surface area contributed by atoms with E-state index in [9.17, 15) is 13.2 Å². The minimum absolute atomic E-state index is 0.00839. The van der Waals surface area contributed by atoms with Gasteiger partial charge in [-0.15, -0.1) is 0 Å². The molecule has 134 valence electrons. The smallest absolute Gasteiger partial charge is 0.366 e. The summed E-state index contributed by atoms with van der Waals surface area (Å²) < 4.78 is 43.3. The second kappa shape index (κ2) is 9.76. The lowest BCUT2D eigenvalue weighted by atomic mass is 9.81. The zero-order valence-electron chi connectivity index (χ0n) is 15.1. The minimum atomic E-state index is -4.25. The van der Waals surface area contributed by atoms with E-state index in [1.165, 1.54) is 13.5 Å². The first kappa shape index (κ1) is 21.7. The molecule has 0 radical (unpaired) electrons. The molecule has 0 N–H and O–H groups in total. The summed E-state index contributed by atoms with van der Waals surface area (Å²) in [6, 6.07) is 0.332. The monoisotopic (exact) mass is 325 g/mol. The first-order valence-electron chi connectivity index (χ1n) is 8.78. The molecule has 1 saturated carbocycles. The van der Waals surface area contributed by atoms with Gasteiger partial charge < -0.3 is 4.74 Å². The van der Waals surface area contributed by atoms with Crippen LogP contribution in [0, 0.1) is 5.92 Å². The van der Waals surface area contributed by atoms with Gasteiger partial charge in [0.05, 0.1) is 0 Å². The quantitative estimate of drug-likeness (QED) is 0.701. The molecule has 0 atom stereocenters. The molecule has 1 aliphatic heterocycles. The minimum Gasteiger partial charge on any atom is -0.366 e. The summed E-state index contributed by atoms with van der Waals surface area (Å²) in [4.78, 5) is 1.95. The van der Waals surface area contributed by atoms with Gasteiger partial charge in [-0.1, -0.05) is 41.0 Å². The Hall–Kier alpha value is -0.290. The van der Waals surface area contributed by atoms with Crippen molar-refractivity contribution < 1.29 is 17.9 Å². The van der Waals surface area contributed by atoms with Crippen LogP contribution in [0.4, 0.5) is 13.2 Å². The zero-order valence-corrected chi connectivity index (χ0v) is 15.1. The van der Waals surface area contributed by atoms with Crippen LogP contribution in [0.15, 0.2) is 0 Å². The van der Waals surface area contributed by atoms with Gasteiger partial charge >= 0.3 is 6.18 Å². The number of nitrogens with zero attached hydrogens (tertiary/aromatic N) is 1. The Labute approximate surface area is 134 Å². The Morgan fingerprint density at radius 2 is 1.45 bits per heavy atom. The molecule has 0 bridgehead atoms. The Bertz CT molecular complexity index is 280. The van der Waals surface area contributed by atoms with Gasteiger partial charge in [-0.25, -0.2) is 0 Å². The standard InChI is InChI=1S/C13H22F3NO.2C2H6/c1-3-10-4-6-11(7-5-10)17-8-12(9-17,18-2)13(14,15)16;2*1-2/h10-11H,3-9H2,1-2H3;2*1-2H3. The lowest BCUT2D eigenvalue weighted by Crippen LogP contribution is -2.72. The van der Waals surface area contributed by atoms with Crippen molar-refractivity contribution >= 4 is 0 Å². The molecule has 0 amide bonds. The van der Waals surface area contributed by atoms with E-state index in [-0.39, 0.29) is 13.1 Å². The van der Waals surface area contributed by atoms with E-state index in [2.05, 4.69) is 6.92 Å². The van der Waals surface area contributed by atoms with Crippen molar-refractivity contribution in [2.45, 2.75) is 84.5 Å². The lowest BCUT2D eigenvalue weighted by molar-refractivity contribution is -0.315. The molecule has 22 heavy (non-hydrogen) atoms. The predicted molar refractivity (Wildman–Crippen MR) is 86.1 cm³/mol. The number of likely N-dealkylation sites (tertiary alicyclic amines) is 1. The number of ether oxygens (including phenoxy) is 1. The highest BCUT2D eigenvalue weighted by atomic mass is 19.4. The summed E-state index contributed by atoms with van der Waals surface area (Å²) >= 11 is 0. The lowest BCUT2D eigenvalue weighted by Gasteiger charge is -2.53. The van der Waals surface area contributed by atoms with Crippen molar-refractivity contribution in [3.05, 3.63) is 0 Å². The second-order valence-electron chi connectivity index (χ2n) is 5.68. The van der Waals surface area contributed by atoms with Crippen molar-refractivity contribution in [3.8, 4) is 0 Å². The second-order valence-corrected chi connectivity index (χ2v) is 5.68. The Morgan fingerprint density at radius 3 is 1.77 bits per heavy atom. The molecule has 2 fully saturated rings. The number of alkyl halides is 3. The molecule has 0 aromatic heterocycles. The fourth-order valence-corrected chi connectivity index (χ4v) is 3.21. The van der Waals surface area contributed by atoms with Crippen molar-refractivity contribution in [2.24, 2.45) is 5.92 Å². The van der Waals surface area contributed by atoms with E-state index in [0.717, 1.165) is 31.6 Å². The fraction of sp³-hybridized carbons (Fsp3) is 1.00. The first-order valence-corrected chi connectivity index (χ1v) is 8.78. The topological polar surface area (TPSA) is 12.5 Å². The molecule has 0 unspecified atom stereocenters. The molecule has 5 heteroatoms. The van der Waals surface area contributed by atoms with Crippen molar-refractivity contribution in [2.75, 3.05) is 20.2 Å². The van der Waals surface area contributed by atoms with Crippen LogP contribution in [0.2, 0.25) is 0 Å². The first-order chi connectivity index (χ1) is 10.4. The van der Waals surface area contributed by atoms with Gasteiger partial charge in [0.2, 0.25) is 0 Å². The van der Waals surface area contributed by atoms with Gasteiger partial charge in [-0.2, -0.15) is 13.2 Å². The average Bonchev–Trinajstić information content (AvgIpc) is 2.50. The summed E-state index contributed by atoms with van der Waals surface area (Å²) in [7, 11) is 1.17. The van der Waals surface area contributed by atoms with Gasteiger partial charge in [-0.05, 0) is 31.6 Å². The van der Waals surface area contributed by atoms with Crippen LogP contribution in [0.25, 0.3) is 0 Å². The number of methoxy groups -OCH3 is 1. The largest absolute Gasteiger partial charge is 0.419 e. The van der Waals surface area contributed by atoms with E-state index < -0.39 is 11.8 Å².